The zero-order valence-electron chi connectivity index (χ0n) is 15.1. The van der Waals surface area contributed by atoms with Crippen LogP contribution in [0.3, 0.4) is 0 Å². The summed E-state index contributed by atoms with van der Waals surface area (Å²) in [5.74, 6) is 0.135. The number of pyridine rings is 1. The summed E-state index contributed by atoms with van der Waals surface area (Å²) in [6.45, 7) is 1.86. The highest BCUT2D eigenvalue weighted by Gasteiger charge is 2.20. The first-order valence-electron chi connectivity index (χ1n) is 8.24. The summed E-state index contributed by atoms with van der Waals surface area (Å²) in [5.41, 5.74) is 1.66. The number of aryl methyl sites for hydroxylation is 1. The van der Waals surface area contributed by atoms with Gasteiger partial charge in [0.05, 0.1) is 17.6 Å². The Labute approximate surface area is 168 Å². The predicted molar refractivity (Wildman–Crippen MR) is 107 cm³/mol. The Morgan fingerprint density at radius 1 is 1.07 bits per heavy atom. The topological polar surface area (TPSA) is 85.4 Å². The quantitative estimate of drug-likeness (QED) is 0.675. The summed E-state index contributed by atoms with van der Waals surface area (Å²) >= 11 is 6.05. The maximum absolute atomic E-state index is 12.7. The first kappa shape index (κ1) is 19.9. The van der Waals surface area contributed by atoms with Crippen LogP contribution in [0.5, 0.6) is 5.75 Å². The van der Waals surface area contributed by atoms with Gasteiger partial charge in [0.2, 0.25) is 9.84 Å². The van der Waals surface area contributed by atoms with E-state index < -0.39 is 15.7 Å². The Morgan fingerprint density at radius 2 is 1.79 bits per heavy atom. The largest absolute Gasteiger partial charge is 0.497 e. The van der Waals surface area contributed by atoms with Crippen molar-refractivity contribution in [3.05, 3.63) is 76.9 Å². The summed E-state index contributed by atoms with van der Waals surface area (Å²) in [6.07, 6.45) is 1.22. The number of sulfone groups is 1. The van der Waals surface area contributed by atoms with Crippen molar-refractivity contribution in [2.45, 2.75) is 16.8 Å². The Balaban J connectivity index is 1.79. The molecule has 0 aliphatic heterocycles. The Hall–Kier alpha value is -2.90. The highest BCUT2D eigenvalue weighted by Crippen LogP contribution is 2.23. The van der Waals surface area contributed by atoms with Crippen molar-refractivity contribution in [1.82, 2.24) is 4.98 Å². The van der Waals surface area contributed by atoms with Gasteiger partial charge in [-0.25, -0.2) is 13.4 Å². The molecule has 0 aliphatic rings. The summed E-state index contributed by atoms with van der Waals surface area (Å²) in [4.78, 5) is 16.4. The highest BCUT2D eigenvalue weighted by atomic mass is 35.5. The number of nitrogens with one attached hydrogen (secondary N) is 1. The zero-order chi connectivity index (χ0) is 20.3. The van der Waals surface area contributed by atoms with Crippen molar-refractivity contribution in [1.29, 1.82) is 0 Å². The SMILES string of the molecule is COc1ccc(S(=O)(=O)c2ccc(C(=O)Nc3ccc(C)c(Cl)c3)cn2)cc1. The summed E-state index contributed by atoms with van der Waals surface area (Å²) in [6, 6.07) is 13.9. The fraction of sp³-hybridized carbons (Fsp3) is 0.100. The molecular formula is C20H17ClN2O4S. The van der Waals surface area contributed by atoms with E-state index in [-0.39, 0.29) is 15.5 Å². The molecule has 1 amide bonds. The van der Waals surface area contributed by atoms with E-state index in [2.05, 4.69) is 10.3 Å². The molecule has 2 aromatic carbocycles. The number of methoxy groups -OCH3 is 1. The molecule has 0 saturated heterocycles. The molecule has 3 aromatic rings. The number of anilines is 1. The second-order valence-electron chi connectivity index (χ2n) is 5.98. The summed E-state index contributed by atoms with van der Waals surface area (Å²) in [5, 5.41) is 3.10. The molecule has 0 fully saturated rings. The van der Waals surface area contributed by atoms with Crippen LogP contribution in [-0.4, -0.2) is 26.4 Å². The minimum absolute atomic E-state index is 0.0901. The smallest absolute Gasteiger partial charge is 0.257 e. The fourth-order valence-corrected chi connectivity index (χ4v) is 3.78. The van der Waals surface area contributed by atoms with Crippen LogP contribution in [0.25, 0.3) is 0 Å². The lowest BCUT2D eigenvalue weighted by atomic mass is 10.2. The molecule has 0 unspecified atom stereocenters. The van der Waals surface area contributed by atoms with Gasteiger partial charge in [-0.15, -0.1) is 0 Å². The fourth-order valence-electron chi connectivity index (χ4n) is 2.42. The number of halogens is 1. The molecule has 3 rings (SSSR count). The molecule has 1 N–H and O–H groups in total. The number of hydrogen-bond acceptors (Lipinski definition) is 5. The third-order valence-electron chi connectivity index (χ3n) is 4.07. The van der Waals surface area contributed by atoms with Gasteiger partial charge in [0.15, 0.2) is 5.03 Å². The minimum atomic E-state index is -3.79. The van der Waals surface area contributed by atoms with Gasteiger partial charge in [0.25, 0.3) is 5.91 Å². The molecule has 1 heterocycles. The van der Waals surface area contributed by atoms with Gasteiger partial charge in [-0.3, -0.25) is 4.79 Å². The molecule has 8 heteroatoms. The molecular weight excluding hydrogens is 400 g/mol. The van der Waals surface area contributed by atoms with E-state index in [0.29, 0.717) is 16.5 Å². The summed E-state index contributed by atoms with van der Waals surface area (Å²) < 4.78 is 30.3. The predicted octanol–water partition coefficient (Wildman–Crippen LogP) is 4.14. The molecule has 1 aromatic heterocycles. The van der Waals surface area contributed by atoms with Gasteiger partial charge in [-0.1, -0.05) is 17.7 Å². The molecule has 0 spiro atoms. The number of aromatic nitrogens is 1. The van der Waals surface area contributed by atoms with Crippen molar-refractivity contribution in [3.8, 4) is 5.75 Å². The Bertz CT molecular complexity index is 1110. The van der Waals surface area contributed by atoms with Crippen LogP contribution in [0.4, 0.5) is 5.69 Å². The number of hydrogen-bond donors (Lipinski definition) is 1. The van der Waals surface area contributed by atoms with Gasteiger partial charge in [0.1, 0.15) is 5.75 Å². The van der Waals surface area contributed by atoms with E-state index in [4.69, 9.17) is 16.3 Å². The van der Waals surface area contributed by atoms with Crippen molar-refractivity contribution in [2.24, 2.45) is 0 Å². The number of ether oxygens (including phenoxy) is 1. The number of amides is 1. The molecule has 144 valence electrons. The lowest BCUT2D eigenvalue weighted by molar-refractivity contribution is 0.102. The number of carbonyl (C=O) groups is 1. The van der Waals surface area contributed by atoms with Crippen molar-refractivity contribution in [2.75, 3.05) is 12.4 Å². The van der Waals surface area contributed by atoms with Crippen molar-refractivity contribution >= 4 is 33.0 Å². The molecule has 0 atom stereocenters. The molecule has 6 nitrogen and oxygen atoms in total. The van der Waals surface area contributed by atoms with Gasteiger partial charge < -0.3 is 10.1 Å². The molecule has 0 saturated carbocycles. The second-order valence-corrected chi connectivity index (χ2v) is 8.29. The van der Waals surface area contributed by atoms with E-state index in [1.165, 1.54) is 37.6 Å². The zero-order valence-corrected chi connectivity index (χ0v) is 16.7. The van der Waals surface area contributed by atoms with E-state index in [1.807, 2.05) is 6.92 Å². The third kappa shape index (κ3) is 4.16. The molecule has 0 bridgehead atoms. The maximum Gasteiger partial charge on any atom is 0.257 e. The van der Waals surface area contributed by atoms with Gasteiger partial charge in [-0.2, -0.15) is 0 Å². The number of rotatable bonds is 5. The van der Waals surface area contributed by atoms with Crippen LogP contribution in [-0.2, 0) is 9.84 Å². The highest BCUT2D eigenvalue weighted by molar-refractivity contribution is 7.91. The van der Waals surface area contributed by atoms with Crippen LogP contribution in [0.1, 0.15) is 15.9 Å². The Morgan fingerprint density at radius 3 is 2.36 bits per heavy atom. The normalized spacial score (nSPS) is 11.1. The van der Waals surface area contributed by atoms with Crippen LogP contribution in [0, 0.1) is 6.92 Å². The molecule has 28 heavy (non-hydrogen) atoms. The van der Waals surface area contributed by atoms with E-state index >= 15 is 0 Å². The Kier molecular flexibility index (Phi) is 5.67. The van der Waals surface area contributed by atoms with Crippen LogP contribution in [0.15, 0.2) is 70.7 Å². The number of carbonyl (C=O) groups excluding carboxylic acids is 1. The molecule has 0 radical (unpaired) electrons. The van der Waals surface area contributed by atoms with Crippen LogP contribution >= 0.6 is 11.6 Å². The van der Waals surface area contributed by atoms with Gasteiger partial charge in [0, 0.05) is 16.9 Å². The standard InChI is InChI=1S/C20H17ClN2O4S/c1-13-3-5-15(11-18(13)21)23-20(24)14-4-10-19(22-12-14)28(25,26)17-8-6-16(27-2)7-9-17/h3-12H,1-2H3,(H,23,24). The lowest BCUT2D eigenvalue weighted by Crippen LogP contribution is -2.13. The average Bonchev–Trinajstić information content (AvgIpc) is 2.71. The number of nitrogens with zero attached hydrogens (tertiary/aromatic N) is 1. The lowest BCUT2D eigenvalue weighted by Gasteiger charge is -2.08. The van der Waals surface area contributed by atoms with Crippen molar-refractivity contribution in [3.63, 3.8) is 0 Å². The first-order valence-corrected chi connectivity index (χ1v) is 10.1. The maximum atomic E-state index is 12.7. The van der Waals surface area contributed by atoms with E-state index in [9.17, 15) is 13.2 Å². The van der Waals surface area contributed by atoms with Crippen LogP contribution in [0.2, 0.25) is 5.02 Å². The second kappa shape index (κ2) is 8.00. The van der Waals surface area contributed by atoms with Crippen LogP contribution < -0.4 is 10.1 Å². The summed E-state index contributed by atoms with van der Waals surface area (Å²) in [7, 11) is -2.29. The van der Waals surface area contributed by atoms with E-state index in [0.717, 1.165) is 5.56 Å². The van der Waals surface area contributed by atoms with Gasteiger partial charge >= 0.3 is 0 Å². The molecule has 0 aliphatic carbocycles. The van der Waals surface area contributed by atoms with Gasteiger partial charge in [-0.05, 0) is 61.0 Å². The average molecular weight is 417 g/mol. The number of benzene rings is 2. The minimum Gasteiger partial charge on any atom is -0.497 e. The first-order chi connectivity index (χ1) is 13.3. The monoisotopic (exact) mass is 416 g/mol. The van der Waals surface area contributed by atoms with Crippen molar-refractivity contribution < 1.29 is 17.9 Å². The third-order valence-corrected chi connectivity index (χ3v) is 6.17. The van der Waals surface area contributed by atoms with E-state index in [1.54, 1.807) is 30.3 Å².